The molecular formula is C17H21F3N4OS. The molecule has 2 aromatic rings. The Morgan fingerprint density at radius 3 is 2.46 bits per heavy atom. The van der Waals surface area contributed by atoms with E-state index in [1.165, 1.54) is 11.8 Å². The molecule has 0 aliphatic heterocycles. The molecule has 0 saturated heterocycles. The molecule has 142 valence electrons. The number of aliphatic hydroxyl groups is 1. The first-order chi connectivity index (χ1) is 12.2. The van der Waals surface area contributed by atoms with E-state index >= 15 is 0 Å². The summed E-state index contributed by atoms with van der Waals surface area (Å²) >= 11 is 1.47. The minimum Gasteiger partial charge on any atom is -0.394 e. The number of halogens is 3. The van der Waals surface area contributed by atoms with E-state index in [0.717, 1.165) is 11.0 Å². The standard InChI is InChI=1S/C17H21F3N4OS/c1-10(2)12(9-25)22-16-23-14(17(18,19)20)8-15(24-16)21-11-6-4-5-7-13(11)26-3/h4-8,10,12,25H,9H2,1-3H3,(H2,21,22,23,24)/t12-/m1/s1. The fraction of sp³-hybridized carbons (Fsp3) is 0.412. The number of rotatable bonds is 7. The molecule has 1 atom stereocenters. The summed E-state index contributed by atoms with van der Waals surface area (Å²) in [5, 5.41) is 15.1. The van der Waals surface area contributed by atoms with Gasteiger partial charge in [-0.25, -0.2) is 4.98 Å². The molecular weight excluding hydrogens is 365 g/mol. The smallest absolute Gasteiger partial charge is 0.394 e. The quantitative estimate of drug-likeness (QED) is 0.613. The number of hydrogen-bond donors (Lipinski definition) is 3. The molecule has 0 spiro atoms. The van der Waals surface area contributed by atoms with Gasteiger partial charge in [0.25, 0.3) is 0 Å². The van der Waals surface area contributed by atoms with Gasteiger partial charge in [0.05, 0.1) is 18.3 Å². The second-order valence-electron chi connectivity index (χ2n) is 5.96. The highest BCUT2D eigenvalue weighted by molar-refractivity contribution is 7.98. The van der Waals surface area contributed by atoms with Crippen molar-refractivity contribution in [2.24, 2.45) is 5.92 Å². The van der Waals surface area contributed by atoms with Crippen LogP contribution in [-0.4, -0.2) is 34.0 Å². The molecule has 0 aliphatic carbocycles. The number of para-hydroxylation sites is 1. The van der Waals surface area contributed by atoms with Gasteiger partial charge in [0.15, 0.2) is 5.69 Å². The predicted molar refractivity (Wildman–Crippen MR) is 97.9 cm³/mol. The van der Waals surface area contributed by atoms with Crippen LogP contribution in [-0.2, 0) is 6.18 Å². The maximum atomic E-state index is 13.2. The average Bonchev–Trinajstić information content (AvgIpc) is 2.59. The normalized spacial score (nSPS) is 12.9. The van der Waals surface area contributed by atoms with Crippen LogP contribution in [0.15, 0.2) is 35.2 Å². The summed E-state index contributed by atoms with van der Waals surface area (Å²) in [6.45, 7) is 3.44. The Balaban J connectivity index is 2.40. The molecule has 0 bridgehead atoms. The number of thioether (sulfide) groups is 1. The van der Waals surface area contributed by atoms with Gasteiger partial charge in [-0.3, -0.25) is 0 Å². The number of nitrogens with zero attached hydrogens (tertiary/aromatic N) is 2. The Bertz CT molecular complexity index is 740. The maximum absolute atomic E-state index is 13.2. The lowest BCUT2D eigenvalue weighted by molar-refractivity contribution is -0.141. The van der Waals surface area contributed by atoms with Crippen molar-refractivity contribution >= 4 is 29.2 Å². The molecule has 1 heterocycles. The molecule has 0 aliphatic rings. The Morgan fingerprint density at radius 1 is 1.19 bits per heavy atom. The predicted octanol–water partition coefficient (Wildman–Crippen LogP) is 4.39. The fourth-order valence-corrected chi connectivity index (χ4v) is 2.75. The van der Waals surface area contributed by atoms with Crippen LogP contribution >= 0.6 is 11.8 Å². The van der Waals surface area contributed by atoms with Crippen LogP contribution < -0.4 is 10.6 Å². The van der Waals surface area contributed by atoms with Crippen LogP contribution in [0.5, 0.6) is 0 Å². The van der Waals surface area contributed by atoms with E-state index in [4.69, 9.17) is 0 Å². The van der Waals surface area contributed by atoms with E-state index in [1.807, 2.05) is 32.2 Å². The van der Waals surface area contributed by atoms with Crippen molar-refractivity contribution in [2.45, 2.75) is 31.0 Å². The third kappa shape index (κ3) is 5.25. The summed E-state index contributed by atoms with van der Waals surface area (Å²) < 4.78 is 39.6. The highest BCUT2D eigenvalue weighted by atomic mass is 32.2. The van der Waals surface area contributed by atoms with Crippen LogP contribution in [0.25, 0.3) is 0 Å². The molecule has 0 saturated carbocycles. The van der Waals surface area contributed by atoms with Crippen molar-refractivity contribution in [3.8, 4) is 0 Å². The Labute approximate surface area is 154 Å². The molecule has 1 aromatic heterocycles. The van der Waals surface area contributed by atoms with E-state index < -0.39 is 17.9 Å². The summed E-state index contributed by atoms with van der Waals surface area (Å²) in [4.78, 5) is 8.57. The number of anilines is 3. The molecule has 3 N–H and O–H groups in total. The summed E-state index contributed by atoms with van der Waals surface area (Å²) in [5.74, 6) is -0.166. The minimum absolute atomic E-state index is 0.00762. The van der Waals surface area contributed by atoms with Crippen molar-refractivity contribution < 1.29 is 18.3 Å². The van der Waals surface area contributed by atoms with Gasteiger partial charge in [-0.15, -0.1) is 11.8 Å². The molecule has 9 heteroatoms. The number of aliphatic hydroxyl groups excluding tert-OH is 1. The second-order valence-corrected chi connectivity index (χ2v) is 6.81. The van der Waals surface area contributed by atoms with Crippen molar-refractivity contribution in [1.29, 1.82) is 0 Å². The Hall–Kier alpha value is -2.00. The van der Waals surface area contributed by atoms with Crippen molar-refractivity contribution in [3.63, 3.8) is 0 Å². The lowest BCUT2D eigenvalue weighted by Gasteiger charge is -2.21. The Morgan fingerprint density at radius 2 is 1.88 bits per heavy atom. The van der Waals surface area contributed by atoms with Crippen molar-refractivity contribution in [1.82, 2.24) is 9.97 Å². The van der Waals surface area contributed by atoms with Gasteiger partial charge in [-0.1, -0.05) is 26.0 Å². The topological polar surface area (TPSA) is 70.1 Å². The van der Waals surface area contributed by atoms with Crippen LogP contribution in [0.3, 0.4) is 0 Å². The third-order valence-electron chi connectivity index (χ3n) is 3.70. The number of aromatic nitrogens is 2. The zero-order valence-corrected chi connectivity index (χ0v) is 15.4. The molecule has 2 rings (SSSR count). The van der Waals surface area contributed by atoms with E-state index in [2.05, 4.69) is 20.6 Å². The van der Waals surface area contributed by atoms with E-state index in [9.17, 15) is 18.3 Å². The van der Waals surface area contributed by atoms with Gasteiger partial charge in [0.2, 0.25) is 5.95 Å². The summed E-state index contributed by atoms with van der Waals surface area (Å²) in [5.41, 5.74) is -0.403. The lowest BCUT2D eigenvalue weighted by atomic mass is 10.1. The number of alkyl halides is 3. The number of nitrogens with one attached hydrogen (secondary N) is 2. The third-order valence-corrected chi connectivity index (χ3v) is 4.50. The van der Waals surface area contributed by atoms with E-state index in [1.54, 1.807) is 12.1 Å². The van der Waals surface area contributed by atoms with Crippen molar-refractivity contribution in [3.05, 3.63) is 36.0 Å². The first-order valence-corrected chi connectivity index (χ1v) is 9.20. The van der Waals surface area contributed by atoms with Crippen LogP contribution in [0.2, 0.25) is 0 Å². The summed E-state index contributed by atoms with van der Waals surface area (Å²) in [6, 6.07) is 7.67. The van der Waals surface area contributed by atoms with Gasteiger partial charge in [0.1, 0.15) is 5.82 Å². The zero-order chi connectivity index (χ0) is 19.3. The Kier molecular flexibility index (Phi) is 6.71. The first kappa shape index (κ1) is 20.3. The molecule has 0 amide bonds. The van der Waals surface area contributed by atoms with Gasteiger partial charge in [0, 0.05) is 11.0 Å². The van der Waals surface area contributed by atoms with Crippen LogP contribution in [0.1, 0.15) is 19.5 Å². The number of hydrogen-bond acceptors (Lipinski definition) is 6. The minimum atomic E-state index is -4.61. The van der Waals surface area contributed by atoms with Crippen molar-refractivity contribution in [2.75, 3.05) is 23.5 Å². The largest absolute Gasteiger partial charge is 0.433 e. The van der Waals surface area contributed by atoms with Gasteiger partial charge < -0.3 is 15.7 Å². The SMILES string of the molecule is CSc1ccccc1Nc1cc(C(F)(F)F)nc(N[C@H](CO)C(C)C)n1. The van der Waals surface area contributed by atoms with Gasteiger partial charge >= 0.3 is 6.18 Å². The maximum Gasteiger partial charge on any atom is 0.433 e. The van der Waals surface area contributed by atoms with Crippen LogP contribution in [0.4, 0.5) is 30.6 Å². The van der Waals surface area contributed by atoms with E-state index in [-0.39, 0.29) is 24.3 Å². The average molecular weight is 386 g/mol. The summed E-state index contributed by atoms with van der Waals surface area (Å²) in [6.07, 6.45) is -2.73. The second kappa shape index (κ2) is 8.59. The van der Waals surface area contributed by atoms with E-state index in [0.29, 0.717) is 5.69 Å². The van der Waals surface area contributed by atoms with Gasteiger partial charge in [-0.2, -0.15) is 18.2 Å². The van der Waals surface area contributed by atoms with Gasteiger partial charge in [-0.05, 0) is 24.3 Å². The molecule has 0 radical (unpaired) electrons. The molecule has 0 fully saturated rings. The molecule has 0 unspecified atom stereocenters. The highest BCUT2D eigenvalue weighted by Crippen LogP contribution is 2.32. The zero-order valence-electron chi connectivity index (χ0n) is 14.6. The molecule has 1 aromatic carbocycles. The molecule has 26 heavy (non-hydrogen) atoms. The fourth-order valence-electron chi connectivity index (χ4n) is 2.20. The van der Waals surface area contributed by atoms with Crippen LogP contribution in [0, 0.1) is 5.92 Å². The lowest BCUT2D eigenvalue weighted by Crippen LogP contribution is -2.30. The monoisotopic (exact) mass is 386 g/mol. The number of benzene rings is 1. The highest BCUT2D eigenvalue weighted by Gasteiger charge is 2.34. The summed E-state index contributed by atoms with van der Waals surface area (Å²) in [7, 11) is 0. The first-order valence-electron chi connectivity index (χ1n) is 7.98. The molecule has 5 nitrogen and oxygen atoms in total.